The maximum Gasteiger partial charge on any atom is 0.338 e. The summed E-state index contributed by atoms with van der Waals surface area (Å²) in [6.07, 6.45) is 0. The predicted octanol–water partition coefficient (Wildman–Crippen LogP) is 6.75. The Bertz CT molecular complexity index is 1270. The monoisotopic (exact) mass is 430 g/mol. The highest BCUT2D eigenvalue weighted by atomic mass is 16.5. The van der Waals surface area contributed by atoms with Crippen LogP contribution >= 0.6 is 0 Å². The molecule has 0 unspecified atom stereocenters. The van der Waals surface area contributed by atoms with Crippen LogP contribution in [-0.4, -0.2) is 26.2 Å². The molecule has 32 heavy (non-hydrogen) atoms. The molecule has 0 radical (unpaired) electrons. The molecule has 0 saturated heterocycles. The second-order valence-electron chi connectivity index (χ2n) is 10.6. The first-order chi connectivity index (χ1) is 14.9. The Kier molecular flexibility index (Phi) is 4.96. The largest absolute Gasteiger partial charge is 0.465 e. The number of hydrogen-bond donors (Lipinski definition) is 0. The SMILES string of the molecule is COC(=O)c1cc2cc(C(C)(C)C)cc3c(C(=O)OC)cc4cc(C(C)(C)C)cc1c4c23. The van der Waals surface area contributed by atoms with Gasteiger partial charge in [-0.3, -0.25) is 0 Å². The van der Waals surface area contributed by atoms with Crippen molar-refractivity contribution in [2.45, 2.75) is 52.4 Å². The van der Waals surface area contributed by atoms with Crippen LogP contribution in [-0.2, 0) is 20.3 Å². The molecule has 0 bridgehead atoms. The third-order valence-corrected chi connectivity index (χ3v) is 6.31. The number of carbonyl (C=O) groups is 2. The van der Waals surface area contributed by atoms with E-state index in [0.717, 1.165) is 43.4 Å². The van der Waals surface area contributed by atoms with Gasteiger partial charge in [0, 0.05) is 0 Å². The highest BCUT2D eigenvalue weighted by Crippen LogP contribution is 2.43. The topological polar surface area (TPSA) is 52.6 Å². The minimum atomic E-state index is -0.366. The predicted molar refractivity (Wildman–Crippen MR) is 130 cm³/mol. The van der Waals surface area contributed by atoms with Gasteiger partial charge in [-0.05, 0) is 78.5 Å². The fourth-order valence-corrected chi connectivity index (χ4v) is 4.43. The molecular formula is C28H30O4. The molecule has 0 atom stereocenters. The number of methoxy groups -OCH3 is 2. The van der Waals surface area contributed by atoms with E-state index in [4.69, 9.17) is 9.47 Å². The van der Waals surface area contributed by atoms with Crippen molar-refractivity contribution in [2.75, 3.05) is 14.2 Å². The van der Waals surface area contributed by atoms with Crippen LogP contribution in [0.15, 0.2) is 36.4 Å². The third kappa shape index (κ3) is 3.38. The molecule has 4 aromatic carbocycles. The zero-order valence-corrected chi connectivity index (χ0v) is 20.1. The summed E-state index contributed by atoms with van der Waals surface area (Å²) in [4.78, 5) is 25.7. The second-order valence-corrected chi connectivity index (χ2v) is 10.6. The van der Waals surface area contributed by atoms with Crippen molar-refractivity contribution in [1.29, 1.82) is 0 Å². The average molecular weight is 431 g/mol. The Morgan fingerprint density at radius 1 is 0.594 bits per heavy atom. The van der Waals surface area contributed by atoms with Gasteiger partial charge in [0.15, 0.2) is 0 Å². The van der Waals surface area contributed by atoms with Gasteiger partial charge in [-0.25, -0.2) is 9.59 Å². The van der Waals surface area contributed by atoms with Crippen molar-refractivity contribution in [2.24, 2.45) is 0 Å². The van der Waals surface area contributed by atoms with Crippen molar-refractivity contribution >= 4 is 44.3 Å². The van der Waals surface area contributed by atoms with Gasteiger partial charge in [0.2, 0.25) is 0 Å². The fraction of sp³-hybridized carbons (Fsp3) is 0.357. The van der Waals surface area contributed by atoms with Crippen molar-refractivity contribution in [1.82, 2.24) is 0 Å². The Morgan fingerprint density at radius 3 is 1.22 bits per heavy atom. The molecule has 0 aliphatic heterocycles. The van der Waals surface area contributed by atoms with Gasteiger partial charge in [-0.2, -0.15) is 0 Å². The summed E-state index contributed by atoms with van der Waals surface area (Å²) in [5.74, 6) is -0.733. The highest BCUT2D eigenvalue weighted by Gasteiger charge is 2.26. The van der Waals surface area contributed by atoms with E-state index in [1.165, 1.54) is 14.2 Å². The van der Waals surface area contributed by atoms with Crippen LogP contribution in [0.4, 0.5) is 0 Å². The van der Waals surface area contributed by atoms with Gasteiger partial charge in [0.05, 0.1) is 25.3 Å². The lowest BCUT2D eigenvalue weighted by atomic mass is 9.79. The fourth-order valence-electron chi connectivity index (χ4n) is 4.43. The minimum Gasteiger partial charge on any atom is -0.465 e. The van der Waals surface area contributed by atoms with E-state index in [1.54, 1.807) is 0 Å². The number of carbonyl (C=O) groups excluding carboxylic acids is 2. The summed E-state index contributed by atoms with van der Waals surface area (Å²) in [6.45, 7) is 12.8. The molecule has 0 heterocycles. The Morgan fingerprint density at radius 2 is 0.938 bits per heavy atom. The van der Waals surface area contributed by atoms with Crippen LogP contribution in [0.1, 0.15) is 73.4 Å². The van der Waals surface area contributed by atoms with Gasteiger partial charge in [-0.15, -0.1) is 0 Å². The van der Waals surface area contributed by atoms with E-state index in [1.807, 2.05) is 12.1 Å². The zero-order valence-electron chi connectivity index (χ0n) is 20.1. The number of hydrogen-bond acceptors (Lipinski definition) is 4. The Labute approximate surface area is 188 Å². The normalized spacial score (nSPS) is 12.6. The second kappa shape index (κ2) is 7.19. The lowest BCUT2D eigenvalue weighted by Gasteiger charge is -2.25. The summed E-state index contributed by atoms with van der Waals surface area (Å²) in [7, 11) is 2.82. The molecule has 0 aromatic heterocycles. The van der Waals surface area contributed by atoms with Gasteiger partial charge >= 0.3 is 11.9 Å². The lowest BCUT2D eigenvalue weighted by Crippen LogP contribution is -2.14. The molecule has 0 aliphatic rings. The van der Waals surface area contributed by atoms with Crippen LogP contribution in [0.3, 0.4) is 0 Å². The quantitative estimate of drug-likeness (QED) is 0.261. The lowest BCUT2D eigenvalue weighted by molar-refractivity contribution is 0.0594. The maximum atomic E-state index is 12.8. The van der Waals surface area contributed by atoms with E-state index in [-0.39, 0.29) is 22.8 Å². The molecule has 0 N–H and O–H groups in total. The van der Waals surface area contributed by atoms with Crippen LogP contribution in [0.25, 0.3) is 32.3 Å². The molecule has 0 aliphatic carbocycles. The highest BCUT2D eigenvalue weighted by molar-refractivity contribution is 6.30. The zero-order chi connectivity index (χ0) is 23.6. The standard InChI is InChI=1S/C28H30O4/c1-27(2,3)17-9-15-11-22(26(30)32-8)20-14-18(28(4,5)6)10-16-12-21(25(29)31-7)19(13-17)23(15)24(16)20/h9-14H,1-8H3. The maximum absolute atomic E-state index is 12.8. The van der Waals surface area contributed by atoms with Crippen LogP contribution < -0.4 is 0 Å². The van der Waals surface area contributed by atoms with Crippen LogP contribution in [0.2, 0.25) is 0 Å². The molecule has 0 amide bonds. The molecule has 4 nitrogen and oxygen atoms in total. The van der Waals surface area contributed by atoms with Gasteiger partial charge < -0.3 is 9.47 Å². The van der Waals surface area contributed by atoms with E-state index in [0.29, 0.717) is 11.1 Å². The summed E-state index contributed by atoms with van der Waals surface area (Å²) in [6, 6.07) is 12.2. The Balaban J connectivity index is 2.32. The molecule has 4 rings (SSSR count). The first-order valence-electron chi connectivity index (χ1n) is 10.8. The minimum absolute atomic E-state index is 0.136. The van der Waals surface area contributed by atoms with E-state index in [2.05, 4.69) is 65.8 Å². The van der Waals surface area contributed by atoms with E-state index < -0.39 is 0 Å². The van der Waals surface area contributed by atoms with Crippen LogP contribution in [0, 0.1) is 0 Å². The number of benzene rings is 4. The average Bonchev–Trinajstić information content (AvgIpc) is 2.73. The van der Waals surface area contributed by atoms with E-state index >= 15 is 0 Å². The summed E-state index contributed by atoms with van der Waals surface area (Å²) in [5, 5.41) is 5.46. The Hall–Kier alpha value is -3.14. The van der Waals surface area contributed by atoms with Crippen LogP contribution in [0.5, 0.6) is 0 Å². The summed E-state index contributed by atoms with van der Waals surface area (Å²) < 4.78 is 10.3. The van der Waals surface area contributed by atoms with Gasteiger partial charge in [0.1, 0.15) is 0 Å². The molecule has 0 saturated carbocycles. The molecule has 0 spiro atoms. The first-order valence-corrected chi connectivity index (χ1v) is 10.8. The first kappa shape index (κ1) is 22.1. The number of esters is 2. The smallest absolute Gasteiger partial charge is 0.338 e. The third-order valence-electron chi connectivity index (χ3n) is 6.31. The van der Waals surface area contributed by atoms with E-state index in [9.17, 15) is 9.59 Å². The molecular weight excluding hydrogens is 400 g/mol. The molecule has 4 heteroatoms. The van der Waals surface area contributed by atoms with Crippen molar-refractivity contribution in [3.8, 4) is 0 Å². The van der Waals surface area contributed by atoms with Gasteiger partial charge in [-0.1, -0.05) is 53.7 Å². The van der Waals surface area contributed by atoms with Crippen molar-refractivity contribution in [3.05, 3.63) is 58.7 Å². The molecule has 166 valence electrons. The molecule has 0 fully saturated rings. The molecule has 4 aromatic rings. The van der Waals surface area contributed by atoms with Crippen molar-refractivity contribution < 1.29 is 19.1 Å². The summed E-state index contributed by atoms with van der Waals surface area (Å²) in [5.41, 5.74) is 2.97. The summed E-state index contributed by atoms with van der Waals surface area (Å²) >= 11 is 0. The van der Waals surface area contributed by atoms with Gasteiger partial charge in [0.25, 0.3) is 0 Å². The van der Waals surface area contributed by atoms with Crippen molar-refractivity contribution in [3.63, 3.8) is 0 Å². The number of ether oxygens (including phenoxy) is 2. The number of rotatable bonds is 2.